The quantitative estimate of drug-likeness (QED) is 0.809. The number of nitrogens with one attached hydrogen (secondary N) is 1. The Morgan fingerprint density at radius 3 is 2.76 bits per heavy atom. The Morgan fingerprint density at radius 2 is 2.18 bits per heavy atom. The summed E-state index contributed by atoms with van der Waals surface area (Å²) in [7, 11) is 0. The number of H-pyrrole nitrogens is 1. The maximum absolute atomic E-state index is 11.6. The molecule has 0 saturated carbocycles. The molecule has 0 aromatic carbocycles. The lowest BCUT2D eigenvalue weighted by atomic mass is 10.1. The van der Waals surface area contributed by atoms with E-state index in [-0.39, 0.29) is 16.7 Å². The smallest absolute Gasteiger partial charge is 0.337 e. The van der Waals surface area contributed by atoms with Crippen LogP contribution in [0.4, 0.5) is 0 Å². The van der Waals surface area contributed by atoms with Gasteiger partial charge < -0.3 is 10.1 Å². The molecule has 2 heterocycles. The van der Waals surface area contributed by atoms with Gasteiger partial charge in [0.05, 0.1) is 10.4 Å². The highest BCUT2D eigenvalue weighted by Crippen LogP contribution is 2.22. The topological polar surface area (TPSA) is 87.2 Å². The first-order valence-corrected chi connectivity index (χ1v) is 5.50. The van der Waals surface area contributed by atoms with Gasteiger partial charge in [0.15, 0.2) is 6.29 Å². The first kappa shape index (κ1) is 11.3. The Morgan fingerprint density at radius 1 is 1.41 bits per heavy atom. The van der Waals surface area contributed by atoms with Crippen LogP contribution in [0.2, 0.25) is 0 Å². The molecular formula is C11H7NO4S. The Hall–Kier alpha value is -2.21. The average molecular weight is 249 g/mol. The van der Waals surface area contributed by atoms with E-state index in [0.717, 1.165) is 6.20 Å². The van der Waals surface area contributed by atoms with Gasteiger partial charge in [-0.1, -0.05) is 0 Å². The maximum atomic E-state index is 11.6. The molecule has 0 atom stereocenters. The van der Waals surface area contributed by atoms with E-state index >= 15 is 0 Å². The van der Waals surface area contributed by atoms with Gasteiger partial charge in [0.2, 0.25) is 0 Å². The summed E-state index contributed by atoms with van der Waals surface area (Å²) in [5.41, 5.74) is 0.402. The zero-order chi connectivity index (χ0) is 12.4. The van der Waals surface area contributed by atoms with Crippen LogP contribution in [0.25, 0.3) is 11.1 Å². The van der Waals surface area contributed by atoms with Crippen molar-refractivity contribution in [2.24, 2.45) is 0 Å². The van der Waals surface area contributed by atoms with Gasteiger partial charge in [-0.2, -0.15) is 0 Å². The maximum Gasteiger partial charge on any atom is 0.337 e. The van der Waals surface area contributed by atoms with Crippen molar-refractivity contribution in [3.63, 3.8) is 0 Å². The number of rotatable bonds is 3. The molecule has 0 amide bonds. The summed E-state index contributed by atoms with van der Waals surface area (Å²) in [6, 6.07) is 2.84. The molecule has 0 radical (unpaired) electrons. The molecule has 0 aliphatic rings. The first-order chi connectivity index (χ1) is 8.11. The average Bonchev–Trinajstić information content (AvgIpc) is 2.77. The molecule has 2 rings (SSSR count). The van der Waals surface area contributed by atoms with Gasteiger partial charge in [-0.15, -0.1) is 11.3 Å². The van der Waals surface area contributed by atoms with Gasteiger partial charge in [-0.05, 0) is 23.1 Å². The minimum absolute atomic E-state index is 0.00143. The third kappa shape index (κ3) is 2.16. The lowest BCUT2D eigenvalue weighted by Gasteiger charge is -1.98. The van der Waals surface area contributed by atoms with Crippen LogP contribution < -0.4 is 5.56 Å². The number of aromatic nitrogens is 1. The normalized spacial score (nSPS) is 10.1. The Bertz CT molecular complexity index is 641. The van der Waals surface area contributed by atoms with Crippen molar-refractivity contribution in [3.05, 3.63) is 44.5 Å². The van der Waals surface area contributed by atoms with Crippen LogP contribution in [0.5, 0.6) is 0 Å². The highest BCUT2D eigenvalue weighted by molar-refractivity contribution is 7.12. The molecule has 0 fully saturated rings. The van der Waals surface area contributed by atoms with Crippen molar-refractivity contribution in [1.29, 1.82) is 0 Å². The predicted molar refractivity (Wildman–Crippen MR) is 62.7 cm³/mol. The van der Waals surface area contributed by atoms with Crippen LogP contribution in [0.3, 0.4) is 0 Å². The monoisotopic (exact) mass is 249 g/mol. The number of hydrogen-bond donors (Lipinski definition) is 2. The number of carboxylic acid groups (broad SMARTS) is 1. The summed E-state index contributed by atoms with van der Waals surface area (Å²) in [6.07, 6.45) is 1.82. The number of aldehydes is 1. The third-order valence-corrected chi connectivity index (χ3v) is 3.06. The number of carboxylic acids is 1. The lowest BCUT2D eigenvalue weighted by molar-refractivity contribution is 0.0696. The van der Waals surface area contributed by atoms with Crippen molar-refractivity contribution < 1.29 is 14.7 Å². The molecule has 2 aromatic heterocycles. The fraction of sp³-hybridized carbons (Fsp3) is 0. The summed E-state index contributed by atoms with van der Waals surface area (Å²) in [5, 5.41) is 10.5. The van der Waals surface area contributed by atoms with Crippen molar-refractivity contribution >= 4 is 23.6 Å². The van der Waals surface area contributed by atoms with Crippen molar-refractivity contribution in [1.82, 2.24) is 4.98 Å². The van der Waals surface area contributed by atoms with E-state index < -0.39 is 5.97 Å². The minimum atomic E-state index is -1.12. The second-order valence-electron chi connectivity index (χ2n) is 3.29. The van der Waals surface area contributed by atoms with E-state index in [2.05, 4.69) is 4.98 Å². The summed E-state index contributed by atoms with van der Waals surface area (Å²) in [5.74, 6) is -1.12. The first-order valence-electron chi connectivity index (χ1n) is 4.62. The minimum Gasteiger partial charge on any atom is -0.478 e. The summed E-state index contributed by atoms with van der Waals surface area (Å²) < 4.78 is 0. The number of carbonyl (C=O) groups excluding carboxylic acids is 1. The molecule has 0 saturated heterocycles. The lowest BCUT2D eigenvalue weighted by Crippen LogP contribution is -2.10. The van der Waals surface area contributed by atoms with E-state index in [4.69, 9.17) is 5.11 Å². The summed E-state index contributed by atoms with van der Waals surface area (Å²) in [4.78, 5) is 35.7. The Kier molecular flexibility index (Phi) is 2.88. The molecule has 0 aliphatic carbocycles. The zero-order valence-electron chi connectivity index (χ0n) is 8.47. The van der Waals surface area contributed by atoms with Crippen LogP contribution in [0.1, 0.15) is 20.0 Å². The molecule has 0 unspecified atom stereocenters. The zero-order valence-corrected chi connectivity index (χ0v) is 9.28. The number of aromatic amines is 1. The SMILES string of the molecule is O=Cc1cc(-c2cc(C(=O)O)c[nH]c2=O)cs1. The Labute approximate surface area is 99.4 Å². The molecular weight excluding hydrogens is 242 g/mol. The molecule has 5 nitrogen and oxygen atoms in total. The number of aromatic carboxylic acids is 1. The fourth-order valence-electron chi connectivity index (χ4n) is 1.38. The predicted octanol–water partition coefficient (Wildman–Crippen LogP) is 1.61. The molecule has 6 heteroatoms. The van der Waals surface area contributed by atoms with E-state index in [9.17, 15) is 14.4 Å². The molecule has 2 N–H and O–H groups in total. The molecule has 2 aromatic rings. The van der Waals surface area contributed by atoms with Crippen molar-refractivity contribution in [2.45, 2.75) is 0 Å². The van der Waals surface area contributed by atoms with Gasteiger partial charge in [0, 0.05) is 11.8 Å². The second kappa shape index (κ2) is 4.34. The molecule has 17 heavy (non-hydrogen) atoms. The number of thiophene rings is 1. The van der Waals surface area contributed by atoms with Crippen LogP contribution >= 0.6 is 11.3 Å². The molecule has 0 aliphatic heterocycles. The highest BCUT2D eigenvalue weighted by Gasteiger charge is 2.10. The second-order valence-corrected chi connectivity index (χ2v) is 4.23. The van der Waals surface area contributed by atoms with E-state index in [1.165, 1.54) is 17.4 Å². The van der Waals surface area contributed by atoms with Gasteiger partial charge >= 0.3 is 5.97 Å². The van der Waals surface area contributed by atoms with Crippen LogP contribution in [0, 0.1) is 0 Å². The largest absolute Gasteiger partial charge is 0.478 e. The Balaban J connectivity index is 2.57. The van der Waals surface area contributed by atoms with Gasteiger partial charge in [0.25, 0.3) is 5.56 Å². The standard InChI is InChI=1S/C11H7NO4S/c13-4-8-1-7(5-17-8)9-2-6(11(15)16)3-12-10(9)14/h1-5H,(H,12,14)(H,15,16). The fourth-order valence-corrected chi connectivity index (χ4v) is 2.09. The van der Waals surface area contributed by atoms with Crippen molar-refractivity contribution in [3.8, 4) is 11.1 Å². The highest BCUT2D eigenvalue weighted by atomic mass is 32.1. The number of pyridine rings is 1. The van der Waals surface area contributed by atoms with Crippen LogP contribution in [-0.4, -0.2) is 22.3 Å². The van der Waals surface area contributed by atoms with Crippen molar-refractivity contribution in [2.75, 3.05) is 0 Å². The van der Waals surface area contributed by atoms with Gasteiger partial charge in [-0.3, -0.25) is 9.59 Å². The molecule has 0 spiro atoms. The van der Waals surface area contributed by atoms with E-state index in [1.807, 2.05) is 0 Å². The van der Waals surface area contributed by atoms with Crippen LogP contribution in [-0.2, 0) is 0 Å². The van der Waals surface area contributed by atoms with E-state index in [0.29, 0.717) is 16.7 Å². The summed E-state index contributed by atoms with van der Waals surface area (Å²) >= 11 is 1.20. The van der Waals surface area contributed by atoms with Crippen LogP contribution in [0.15, 0.2) is 28.5 Å². The number of hydrogen-bond acceptors (Lipinski definition) is 4. The van der Waals surface area contributed by atoms with Gasteiger partial charge in [0.1, 0.15) is 0 Å². The molecule has 86 valence electrons. The van der Waals surface area contributed by atoms with E-state index in [1.54, 1.807) is 11.4 Å². The summed E-state index contributed by atoms with van der Waals surface area (Å²) in [6.45, 7) is 0. The third-order valence-electron chi connectivity index (χ3n) is 2.20. The molecule has 0 bridgehead atoms. The number of carbonyl (C=O) groups is 2. The van der Waals surface area contributed by atoms with Gasteiger partial charge in [-0.25, -0.2) is 4.79 Å².